The summed E-state index contributed by atoms with van der Waals surface area (Å²) in [5.74, 6) is 2.12. The highest BCUT2D eigenvalue weighted by Gasteiger charge is 2.20. The van der Waals surface area contributed by atoms with E-state index in [4.69, 9.17) is 9.47 Å². The predicted molar refractivity (Wildman–Crippen MR) is 136 cm³/mol. The quantitative estimate of drug-likeness (QED) is 0.242. The van der Waals surface area contributed by atoms with Crippen LogP contribution in [0, 0.1) is 0 Å². The van der Waals surface area contributed by atoms with Crippen LogP contribution < -0.4 is 14.8 Å². The molecule has 8 heteroatoms. The summed E-state index contributed by atoms with van der Waals surface area (Å²) in [6, 6.07) is 21.3. The van der Waals surface area contributed by atoms with Crippen molar-refractivity contribution in [2.75, 3.05) is 18.2 Å². The van der Waals surface area contributed by atoms with E-state index in [-0.39, 0.29) is 17.8 Å². The number of nitrogens with one attached hydrogen (secondary N) is 1. The second-order valence-electron chi connectivity index (χ2n) is 7.58. The van der Waals surface area contributed by atoms with Crippen LogP contribution in [0.25, 0.3) is 10.8 Å². The maximum Gasteiger partial charge on any atom is 0.234 e. The van der Waals surface area contributed by atoms with Crippen LogP contribution in [-0.4, -0.2) is 33.5 Å². The van der Waals surface area contributed by atoms with Gasteiger partial charge < -0.3 is 14.8 Å². The number of carbonyl (C=O) groups excluding carboxylic acids is 1. The summed E-state index contributed by atoms with van der Waals surface area (Å²) < 4.78 is 13.2. The summed E-state index contributed by atoms with van der Waals surface area (Å²) in [6.07, 6.45) is 1.41. The van der Waals surface area contributed by atoms with Crippen LogP contribution in [0.4, 0.5) is 5.69 Å². The zero-order valence-corrected chi connectivity index (χ0v) is 19.9. The van der Waals surface area contributed by atoms with Gasteiger partial charge >= 0.3 is 0 Å². The van der Waals surface area contributed by atoms with Gasteiger partial charge in [0.05, 0.1) is 12.9 Å². The molecule has 1 amide bonds. The normalized spacial score (nSPS) is 11.7. The van der Waals surface area contributed by atoms with Crippen LogP contribution in [0.5, 0.6) is 11.5 Å². The number of thioether (sulfide) groups is 1. The zero-order chi connectivity index (χ0) is 23.9. The molecule has 3 aromatic carbocycles. The second-order valence-corrected chi connectivity index (χ2v) is 8.52. The van der Waals surface area contributed by atoms with Crippen LogP contribution in [0.2, 0.25) is 0 Å². The first-order chi connectivity index (χ1) is 16.6. The van der Waals surface area contributed by atoms with Crippen LogP contribution in [0.15, 0.2) is 84.5 Å². The highest BCUT2D eigenvalue weighted by Crippen LogP contribution is 2.27. The lowest BCUT2D eigenvalue weighted by Gasteiger charge is -2.16. The molecule has 34 heavy (non-hydrogen) atoms. The van der Waals surface area contributed by atoms with E-state index in [1.165, 1.54) is 11.8 Å². The highest BCUT2D eigenvalue weighted by atomic mass is 32.2. The van der Waals surface area contributed by atoms with E-state index in [0.717, 1.165) is 16.5 Å². The molecule has 1 atom stereocenters. The molecular formula is C26H26N4O3S. The van der Waals surface area contributed by atoms with Gasteiger partial charge in [0.1, 0.15) is 11.5 Å². The Hall–Kier alpha value is -3.78. The molecule has 1 N–H and O–H groups in total. The largest absolute Gasteiger partial charge is 0.497 e. The third-order valence-corrected chi connectivity index (χ3v) is 6.11. The molecule has 0 saturated heterocycles. The minimum atomic E-state index is -0.361. The predicted octanol–water partition coefficient (Wildman–Crippen LogP) is 5.50. The van der Waals surface area contributed by atoms with Gasteiger partial charge in [-0.1, -0.05) is 54.2 Å². The SMILES string of the molecule is C=CCn1c(SCC(=O)Nc2ccc3ccccc3c2)nnc1C(C)Oc1cccc(OC)c1. The fraction of sp³-hybridized carbons (Fsp3) is 0.192. The first-order valence-corrected chi connectivity index (χ1v) is 11.8. The zero-order valence-electron chi connectivity index (χ0n) is 19.1. The van der Waals surface area contributed by atoms with Crippen molar-refractivity contribution in [3.05, 3.63) is 85.2 Å². The second kappa shape index (κ2) is 10.9. The molecule has 0 spiro atoms. The first-order valence-electron chi connectivity index (χ1n) is 10.8. The van der Waals surface area contributed by atoms with Crippen LogP contribution in [-0.2, 0) is 11.3 Å². The molecule has 0 aliphatic rings. The van der Waals surface area contributed by atoms with Crippen molar-refractivity contribution in [1.82, 2.24) is 14.8 Å². The number of methoxy groups -OCH3 is 1. The Labute approximate surface area is 202 Å². The smallest absolute Gasteiger partial charge is 0.234 e. The average Bonchev–Trinajstić information content (AvgIpc) is 3.25. The van der Waals surface area contributed by atoms with Gasteiger partial charge in [-0.15, -0.1) is 16.8 Å². The lowest BCUT2D eigenvalue weighted by molar-refractivity contribution is -0.113. The molecule has 1 unspecified atom stereocenters. The van der Waals surface area contributed by atoms with Gasteiger partial charge in [-0.25, -0.2) is 0 Å². The summed E-state index contributed by atoms with van der Waals surface area (Å²) in [5, 5.41) is 14.4. The number of nitrogens with zero attached hydrogens (tertiary/aromatic N) is 3. The lowest BCUT2D eigenvalue weighted by atomic mass is 10.1. The first kappa shape index (κ1) is 23.4. The van der Waals surface area contributed by atoms with Gasteiger partial charge in [-0.2, -0.15) is 0 Å². The Kier molecular flexibility index (Phi) is 7.49. The van der Waals surface area contributed by atoms with Gasteiger partial charge in [0.25, 0.3) is 0 Å². The number of hydrogen-bond donors (Lipinski definition) is 1. The van der Waals surface area contributed by atoms with Gasteiger partial charge in [-0.05, 0) is 42.0 Å². The molecule has 0 fully saturated rings. The van der Waals surface area contributed by atoms with Gasteiger partial charge in [0, 0.05) is 18.3 Å². The Morgan fingerprint density at radius 1 is 1.09 bits per heavy atom. The van der Waals surface area contributed by atoms with Gasteiger partial charge in [0.15, 0.2) is 17.1 Å². The van der Waals surface area contributed by atoms with Crippen molar-refractivity contribution in [2.24, 2.45) is 0 Å². The molecule has 0 saturated carbocycles. The van der Waals surface area contributed by atoms with Gasteiger partial charge in [0.2, 0.25) is 5.91 Å². The van der Waals surface area contributed by atoms with Crippen molar-refractivity contribution < 1.29 is 14.3 Å². The van der Waals surface area contributed by atoms with Crippen LogP contribution in [0.3, 0.4) is 0 Å². The van der Waals surface area contributed by atoms with Crippen molar-refractivity contribution in [1.29, 1.82) is 0 Å². The summed E-state index contributed by atoms with van der Waals surface area (Å²) >= 11 is 1.32. The lowest BCUT2D eigenvalue weighted by Crippen LogP contribution is -2.15. The Balaban J connectivity index is 1.42. The number of aromatic nitrogens is 3. The molecule has 0 bridgehead atoms. The van der Waals surface area contributed by atoms with E-state index in [0.29, 0.717) is 29.0 Å². The molecule has 1 aromatic heterocycles. The molecule has 174 valence electrons. The van der Waals surface area contributed by atoms with E-state index in [9.17, 15) is 4.79 Å². The molecule has 0 aliphatic heterocycles. The monoisotopic (exact) mass is 474 g/mol. The maximum absolute atomic E-state index is 12.6. The summed E-state index contributed by atoms with van der Waals surface area (Å²) in [6.45, 7) is 6.25. The molecule has 1 heterocycles. The number of carbonyl (C=O) groups is 1. The third-order valence-electron chi connectivity index (χ3n) is 5.14. The third kappa shape index (κ3) is 5.58. The van der Waals surface area contributed by atoms with Crippen molar-refractivity contribution >= 4 is 34.1 Å². The van der Waals surface area contributed by atoms with Gasteiger partial charge in [-0.3, -0.25) is 9.36 Å². The molecule has 0 radical (unpaired) electrons. The number of hydrogen-bond acceptors (Lipinski definition) is 6. The molecule has 4 aromatic rings. The number of allylic oxidation sites excluding steroid dienone is 1. The van der Waals surface area contributed by atoms with Crippen LogP contribution >= 0.6 is 11.8 Å². The molecule has 0 aliphatic carbocycles. The highest BCUT2D eigenvalue weighted by molar-refractivity contribution is 7.99. The number of ether oxygens (including phenoxy) is 2. The van der Waals surface area contributed by atoms with E-state index >= 15 is 0 Å². The number of benzene rings is 3. The Morgan fingerprint density at radius 3 is 2.68 bits per heavy atom. The fourth-order valence-corrected chi connectivity index (χ4v) is 4.29. The maximum atomic E-state index is 12.6. The Bertz CT molecular complexity index is 1300. The number of anilines is 1. The topological polar surface area (TPSA) is 78.3 Å². The van der Waals surface area contributed by atoms with E-state index in [2.05, 4.69) is 22.1 Å². The minimum absolute atomic E-state index is 0.115. The Morgan fingerprint density at radius 2 is 1.88 bits per heavy atom. The van der Waals surface area contributed by atoms with Crippen molar-refractivity contribution in [2.45, 2.75) is 24.7 Å². The van der Waals surface area contributed by atoms with Crippen LogP contribution in [0.1, 0.15) is 18.9 Å². The minimum Gasteiger partial charge on any atom is -0.497 e. The molecular weight excluding hydrogens is 448 g/mol. The summed E-state index contributed by atoms with van der Waals surface area (Å²) in [4.78, 5) is 12.6. The molecule has 7 nitrogen and oxygen atoms in total. The van der Waals surface area contributed by atoms with Crippen molar-refractivity contribution in [3.8, 4) is 11.5 Å². The average molecular weight is 475 g/mol. The summed E-state index contributed by atoms with van der Waals surface area (Å²) in [7, 11) is 1.61. The summed E-state index contributed by atoms with van der Waals surface area (Å²) in [5.41, 5.74) is 0.762. The van der Waals surface area contributed by atoms with E-state index in [1.807, 2.05) is 78.2 Å². The number of fused-ring (bicyclic) bond motifs is 1. The number of amides is 1. The molecule has 4 rings (SSSR count). The number of rotatable bonds is 10. The van der Waals surface area contributed by atoms with E-state index in [1.54, 1.807) is 13.2 Å². The van der Waals surface area contributed by atoms with Crippen molar-refractivity contribution in [3.63, 3.8) is 0 Å². The fourth-order valence-electron chi connectivity index (χ4n) is 3.53. The standard InChI is InChI=1S/C26H26N4O3S/c1-4-14-30-25(18(2)33-23-11-7-10-22(16-23)32-3)28-29-26(30)34-17-24(31)27-21-13-12-19-8-5-6-9-20(19)15-21/h4-13,15-16,18H,1,14,17H2,2-3H3,(H,27,31). The van der Waals surface area contributed by atoms with E-state index < -0.39 is 0 Å².